The maximum Gasteiger partial charge on any atom is 0.234 e. The topological polar surface area (TPSA) is 32.3 Å². The van der Waals surface area contributed by atoms with Crippen molar-refractivity contribution in [3.05, 3.63) is 0 Å². The van der Waals surface area contributed by atoms with Gasteiger partial charge in [-0.25, -0.2) is 0 Å². The number of terminal acetylenes is 1. The Labute approximate surface area is 74.1 Å². The van der Waals surface area contributed by atoms with Gasteiger partial charge in [-0.05, 0) is 21.0 Å². The highest BCUT2D eigenvalue weighted by Crippen LogP contribution is 1.87. The van der Waals surface area contributed by atoms with Crippen molar-refractivity contribution in [1.82, 2.24) is 10.2 Å². The molecule has 0 rings (SSSR count). The van der Waals surface area contributed by atoms with E-state index in [9.17, 15) is 4.79 Å². The van der Waals surface area contributed by atoms with Gasteiger partial charge in [-0.2, -0.15) is 0 Å². The first kappa shape index (κ1) is 11.0. The zero-order chi connectivity index (χ0) is 9.56. The van der Waals surface area contributed by atoms with Crippen molar-refractivity contribution < 1.29 is 4.79 Å². The number of nitrogens with one attached hydrogen (secondary N) is 1. The van der Waals surface area contributed by atoms with Crippen LogP contribution in [0, 0.1) is 12.3 Å². The summed E-state index contributed by atoms with van der Waals surface area (Å²) in [6.45, 7) is 2.31. The fourth-order valence-corrected chi connectivity index (χ4v) is 0.835. The van der Waals surface area contributed by atoms with E-state index in [1.807, 2.05) is 25.9 Å². The number of carbonyl (C=O) groups is 1. The van der Waals surface area contributed by atoms with Crippen LogP contribution in [0.3, 0.4) is 0 Å². The van der Waals surface area contributed by atoms with Crippen LogP contribution in [0.5, 0.6) is 0 Å². The molecule has 0 aromatic rings. The molecule has 3 nitrogen and oxygen atoms in total. The van der Waals surface area contributed by atoms with E-state index in [1.54, 1.807) is 0 Å². The summed E-state index contributed by atoms with van der Waals surface area (Å²) in [7, 11) is 3.71. The van der Waals surface area contributed by atoms with Crippen LogP contribution < -0.4 is 5.32 Å². The molecular weight excluding hydrogens is 152 g/mol. The molecule has 0 fully saturated rings. The van der Waals surface area contributed by atoms with Crippen LogP contribution in [0.2, 0.25) is 0 Å². The fraction of sp³-hybridized carbons (Fsp3) is 0.667. The summed E-state index contributed by atoms with van der Waals surface area (Å²) in [4.78, 5) is 12.9. The third-order valence-electron chi connectivity index (χ3n) is 1.29. The lowest BCUT2D eigenvalue weighted by molar-refractivity contribution is -0.122. The second kappa shape index (κ2) is 5.62. The van der Waals surface area contributed by atoms with Crippen molar-refractivity contribution in [2.24, 2.45) is 0 Å². The molecule has 0 saturated heterocycles. The van der Waals surface area contributed by atoms with E-state index < -0.39 is 0 Å². The Morgan fingerprint density at radius 1 is 1.67 bits per heavy atom. The van der Waals surface area contributed by atoms with Gasteiger partial charge in [0.2, 0.25) is 5.91 Å². The fourth-order valence-electron chi connectivity index (χ4n) is 0.835. The molecule has 1 atom stereocenters. The summed E-state index contributed by atoms with van der Waals surface area (Å²) < 4.78 is 0. The minimum Gasteiger partial charge on any atom is -0.352 e. The van der Waals surface area contributed by atoms with Gasteiger partial charge in [-0.1, -0.05) is 0 Å². The van der Waals surface area contributed by atoms with Crippen molar-refractivity contribution in [3.8, 4) is 12.3 Å². The molecule has 0 spiro atoms. The average Bonchev–Trinajstić information content (AvgIpc) is 1.84. The Balaban J connectivity index is 3.63. The van der Waals surface area contributed by atoms with Gasteiger partial charge >= 0.3 is 0 Å². The van der Waals surface area contributed by atoms with Gasteiger partial charge in [0.05, 0.1) is 6.54 Å². The summed E-state index contributed by atoms with van der Waals surface area (Å²) >= 11 is 0. The summed E-state index contributed by atoms with van der Waals surface area (Å²) in [5.74, 6) is 2.51. The average molecular weight is 168 g/mol. The molecule has 0 saturated carbocycles. The van der Waals surface area contributed by atoms with E-state index in [0.29, 0.717) is 13.0 Å². The molecule has 1 N–H and O–H groups in total. The number of amides is 1. The Kier molecular flexibility index (Phi) is 5.14. The van der Waals surface area contributed by atoms with Gasteiger partial charge in [-0.3, -0.25) is 4.79 Å². The zero-order valence-electron chi connectivity index (χ0n) is 7.92. The first-order chi connectivity index (χ1) is 5.56. The minimum absolute atomic E-state index is 0.0164. The predicted molar refractivity (Wildman–Crippen MR) is 49.6 cm³/mol. The number of nitrogens with zero attached hydrogens (tertiary/aromatic N) is 1. The lowest BCUT2D eigenvalue weighted by atomic mass is 10.2. The molecular formula is C9H16N2O. The number of hydrogen-bond donors (Lipinski definition) is 1. The third-order valence-corrected chi connectivity index (χ3v) is 1.29. The van der Waals surface area contributed by atoms with Gasteiger partial charge < -0.3 is 10.2 Å². The molecule has 0 aliphatic heterocycles. The molecule has 0 radical (unpaired) electrons. The molecule has 1 amide bonds. The van der Waals surface area contributed by atoms with E-state index in [4.69, 9.17) is 6.42 Å². The van der Waals surface area contributed by atoms with E-state index in [1.165, 1.54) is 0 Å². The van der Waals surface area contributed by atoms with Gasteiger partial charge in [0.1, 0.15) is 0 Å². The summed E-state index contributed by atoms with van der Waals surface area (Å²) in [5.41, 5.74) is 0. The van der Waals surface area contributed by atoms with Gasteiger partial charge in [-0.15, -0.1) is 12.3 Å². The van der Waals surface area contributed by atoms with Crippen molar-refractivity contribution in [3.63, 3.8) is 0 Å². The van der Waals surface area contributed by atoms with E-state index in [0.717, 1.165) is 0 Å². The standard InChI is InChI=1S/C9H16N2O/c1-5-6-8(2)10-9(12)7-11(3)4/h1,8H,6-7H2,2-4H3,(H,10,12). The Bertz CT molecular complexity index is 181. The maximum absolute atomic E-state index is 11.1. The van der Waals surface area contributed by atoms with Crippen molar-refractivity contribution >= 4 is 5.91 Å². The monoisotopic (exact) mass is 168 g/mol. The molecule has 0 aliphatic carbocycles. The third kappa shape index (κ3) is 5.75. The highest BCUT2D eigenvalue weighted by molar-refractivity contribution is 5.78. The highest BCUT2D eigenvalue weighted by Gasteiger charge is 2.05. The van der Waals surface area contributed by atoms with E-state index >= 15 is 0 Å². The minimum atomic E-state index is 0.0164. The number of carbonyl (C=O) groups excluding carboxylic acids is 1. The molecule has 0 aromatic carbocycles. The Morgan fingerprint density at radius 2 is 2.25 bits per heavy atom. The van der Waals surface area contributed by atoms with Crippen LogP contribution in [-0.4, -0.2) is 37.5 Å². The smallest absolute Gasteiger partial charge is 0.234 e. The number of likely N-dealkylation sites (N-methyl/N-ethyl adjacent to an activating group) is 1. The Hall–Kier alpha value is -1.01. The van der Waals surface area contributed by atoms with Crippen molar-refractivity contribution in [2.75, 3.05) is 20.6 Å². The largest absolute Gasteiger partial charge is 0.352 e. The molecule has 0 aromatic heterocycles. The van der Waals surface area contributed by atoms with Crippen LogP contribution in [0.1, 0.15) is 13.3 Å². The van der Waals surface area contributed by atoms with Crippen LogP contribution in [-0.2, 0) is 4.79 Å². The van der Waals surface area contributed by atoms with E-state index in [2.05, 4.69) is 11.2 Å². The van der Waals surface area contributed by atoms with Crippen molar-refractivity contribution in [2.45, 2.75) is 19.4 Å². The maximum atomic E-state index is 11.1. The van der Waals surface area contributed by atoms with Gasteiger partial charge in [0, 0.05) is 12.5 Å². The van der Waals surface area contributed by atoms with E-state index in [-0.39, 0.29) is 11.9 Å². The van der Waals surface area contributed by atoms with Crippen LogP contribution in [0.25, 0.3) is 0 Å². The van der Waals surface area contributed by atoms with Crippen LogP contribution >= 0.6 is 0 Å². The summed E-state index contributed by atoms with van der Waals surface area (Å²) in [6, 6.07) is 0.0717. The van der Waals surface area contributed by atoms with Gasteiger partial charge in [0.15, 0.2) is 0 Å². The summed E-state index contributed by atoms with van der Waals surface area (Å²) in [6.07, 6.45) is 5.68. The van der Waals surface area contributed by atoms with Crippen molar-refractivity contribution in [1.29, 1.82) is 0 Å². The molecule has 0 bridgehead atoms. The molecule has 3 heteroatoms. The second-order valence-electron chi connectivity index (χ2n) is 3.11. The Morgan fingerprint density at radius 3 is 2.67 bits per heavy atom. The number of rotatable bonds is 4. The molecule has 0 aliphatic rings. The molecule has 68 valence electrons. The lowest BCUT2D eigenvalue weighted by Gasteiger charge is -2.13. The summed E-state index contributed by atoms with van der Waals surface area (Å²) in [5, 5.41) is 2.79. The first-order valence-corrected chi connectivity index (χ1v) is 3.93. The molecule has 1 unspecified atom stereocenters. The molecule has 12 heavy (non-hydrogen) atoms. The first-order valence-electron chi connectivity index (χ1n) is 3.93. The predicted octanol–water partition coefficient (Wildman–Crippen LogP) is 0.0760. The SMILES string of the molecule is C#CCC(C)NC(=O)CN(C)C. The van der Waals surface area contributed by atoms with Crippen LogP contribution in [0.15, 0.2) is 0 Å². The normalized spacial score (nSPS) is 12.2. The quantitative estimate of drug-likeness (QED) is 0.603. The van der Waals surface area contributed by atoms with Gasteiger partial charge in [0.25, 0.3) is 0 Å². The highest BCUT2D eigenvalue weighted by atomic mass is 16.2. The van der Waals surface area contributed by atoms with Crippen LogP contribution in [0.4, 0.5) is 0 Å². The zero-order valence-corrected chi connectivity index (χ0v) is 7.92. The number of hydrogen-bond acceptors (Lipinski definition) is 2. The second-order valence-corrected chi connectivity index (χ2v) is 3.11. The molecule has 0 heterocycles. The lowest BCUT2D eigenvalue weighted by Crippen LogP contribution is -2.38.